The number of rotatable bonds is 4. The fourth-order valence-electron chi connectivity index (χ4n) is 2.05. The third-order valence-corrected chi connectivity index (χ3v) is 3.72. The van der Waals surface area contributed by atoms with Gasteiger partial charge in [0.15, 0.2) is 0 Å². The number of aromatic nitrogens is 3. The third kappa shape index (κ3) is 2.81. The van der Waals surface area contributed by atoms with Crippen molar-refractivity contribution in [2.24, 2.45) is 12.8 Å². The van der Waals surface area contributed by atoms with Gasteiger partial charge in [-0.3, -0.25) is 4.68 Å². The topological polar surface area (TPSA) is 56.7 Å². The first kappa shape index (κ1) is 13.7. The molecule has 102 valence electrons. The highest BCUT2D eigenvalue weighted by atomic mass is 19.1. The Bertz CT molecular complexity index is 545. The molecule has 4 nitrogen and oxygen atoms in total. The van der Waals surface area contributed by atoms with E-state index in [0.717, 1.165) is 11.4 Å². The fourth-order valence-corrected chi connectivity index (χ4v) is 2.05. The van der Waals surface area contributed by atoms with Crippen molar-refractivity contribution in [3.63, 3.8) is 0 Å². The van der Waals surface area contributed by atoms with Crippen molar-refractivity contribution in [1.29, 1.82) is 0 Å². The van der Waals surface area contributed by atoms with Gasteiger partial charge in [-0.2, -0.15) is 5.10 Å². The van der Waals surface area contributed by atoms with Crippen LogP contribution >= 0.6 is 0 Å². The first-order valence-electron chi connectivity index (χ1n) is 6.25. The average Bonchev–Trinajstić information content (AvgIpc) is 2.75. The minimum atomic E-state index is -0.264. The summed E-state index contributed by atoms with van der Waals surface area (Å²) in [5.74, 6) is 0.615. The molecule has 0 fully saturated rings. The molecule has 1 unspecified atom stereocenters. The van der Waals surface area contributed by atoms with Crippen LogP contribution in [-0.4, -0.2) is 20.8 Å². The summed E-state index contributed by atoms with van der Waals surface area (Å²) in [4.78, 5) is 4.19. The highest BCUT2D eigenvalue weighted by Gasteiger charge is 2.29. The van der Waals surface area contributed by atoms with E-state index in [1.807, 2.05) is 7.05 Å². The Kier molecular flexibility index (Phi) is 3.66. The summed E-state index contributed by atoms with van der Waals surface area (Å²) < 4.78 is 14.7. The largest absolute Gasteiger partial charge is 0.327 e. The van der Waals surface area contributed by atoms with Gasteiger partial charge in [-0.05, 0) is 17.7 Å². The van der Waals surface area contributed by atoms with Crippen LogP contribution < -0.4 is 5.73 Å². The molecule has 0 aliphatic rings. The van der Waals surface area contributed by atoms with E-state index in [1.165, 1.54) is 18.5 Å². The van der Waals surface area contributed by atoms with Crippen LogP contribution in [0.25, 0.3) is 0 Å². The standard InChI is InChI=1S/C14H19FN4/c1-14(2,10-4-6-11(15)7-5-10)12(16)8-13-17-9-18-19(13)3/h4-7,9,12H,8,16H2,1-3H3. The predicted octanol–water partition coefficient (Wildman–Crippen LogP) is 1.80. The molecule has 1 aromatic heterocycles. The summed E-state index contributed by atoms with van der Waals surface area (Å²) in [6.07, 6.45) is 2.15. The second kappa shape index (κ2) is 5.09. The zero-order chi connectivity index (χ0) is 14.0. The summed E-state index contributed by atoms with van der Waals surface area (Å²) in [7, 11) is 1.85. The Morgan fingerprint density at radius 2 is 1.95 bits per heavy atom. The lowest BCUT2D eigenvalue weighted by Crippen LogP contribution is -2.43. The maximum absolute atomic E-state index is 13.0. The fraction of sp³-hybridized carbons (Fsp3) is 0.429. The van der Waals surface area contributed by atoms with E-state index in [9.17, 15) is 4.39 Å². The number of halogens is 1. The molecule has 5 heteroatoms. The minimum absolute atomic E-state index is 0.124. The van der Waals surface area contributed by atoms with Gasteiger partial charge in [-0.1, -0.05) is 26.0 Å². The molecule has 1 atom stereocenters. The highest BCUT2D eigenvalue weighted by molar-refractivity contribution is 5.26. The molecular weight excluding hydrogens is 243 g/mol. The Morgan fingerprint density at radius 3 is 2.47 bits per heavy atom. The molecule has 0 aliphatic heterocycles. The van der Waals surface area contributed by atoms with Gasteiger partial charge in [0.2, 0.25) is 0 Å². The van der Waals surface area contributed by atoms with Gasteiger partial charge in [-0.15, -0.1) is 0 Å². The van der Waals surface area contributed by atoms with Gasteiger partial charge in [0, 0.05) is 24.9 Å². The number of benzene rings is 1. The Labute approximate surface area is 112 Å². The molecule has 1 heterocycles. The van der Waals surface area contributed by atoms with Crippen LogP contribution in [0.5, 0.6) is 0 Å². The van der Waals surface area contributed by atoms with Crippen LogP contribution in [0.1, 0.15) is 25.2 Å². The SMILES string of the molecule is Cn1ncnc1CC(N)C(C)(C)c1ccc(F)cc1. The quantitative estimate of drug-likeness (QED) is 0.914. The van der Waals surface area contributed by atoms with E-state index in [0.29, 0.717) is 6.42 Å². The van der Waals surface area contributed by atoms with Gasteiger partial charge < -0.3 is 5.73 Å². The Morgan fingerprint density at radius 1 is 1.32 bits per heavy atom. The van der Waals surface area contributed by atoms with Gasteiger partial charge in [0.1, 0.15) is 18.0 Å². The third-order valence-electron chi connectivity index (χ3n) is 3.72. The van der Waals surface area contributed by atoms with Crippen molar-refractivity contribution >= 4 is 0 Å². The van der Waals surface area contributed by atoms with Crippen LogP contribution in [0.15, 0.2) is 30.6 Å². The molecule has 2 N–H and O–H groups in total. The maximum Gasteiger partial charge on any atom is 0.138 e. The summed E-state index contributed by atoms with van der Waals surface area (Å²) in [5.41, 5.74) is 7.06. The zero-order valence-electron chi connectivity index (χ0n) is 11.5. The van der Waals surface area contributed by atoms with E-state index in [4.69, 9.17) is 5.73 Å². The smallest absolute Gasteiger partial charge is 0.138 e. The molecule has 0 amide bonds. The van der Waals surface area contributed by atoms with Gasteiger partial charge in [0.05, 0.1) is 0 Å². The number of hydrogen-bond acceptors (Lipinski definition) is 3. The average molecular weight is 262 g/mol. The number of aryl methyl sites for hydroxylation is 1. The lowest BCUT2D eigenvalue weighted by Gasteiger charge is -2.32. The molecule has 0 aliphatic carbocycles. The maximum atomic E-state index is 13.0. The molecule has 2 aromatic rings. The van der Waals surface area contributed by atoms with E-state index in [-0.39, 0.29) is 17.3 Å². The molecule has 0 bridgehead atoms. The second-order valence-corrected chi connectivity index (χ2v) is 5.34. The van der Waals surface area contributed by atoms with Crippen LogP contribution in [0, 0.1) is 5.82 Å². The molecule has 2 rings (SSSR count). The first-order chi connectivity index (χ1) is 8.91. The van der Waals surface area contributed by atoms with Crippen molar-refractivity contribution in [1.82, 2.24) is 14.8 Å². The van der Waals surface area contributed by atoms with Crippen molar-refractivity contribution in [3.05, 3.63) is 47.8 Å². The summed E-state index contributed by atoms with van der Waals surface area (Å²) in [6.45, 7) is 4.11. The predicted molar refractivity (Wildman–Crippen MR) is 72.1 cm³/mol. The highest BCUT2D eigenvalue weighted by Crippen LogP contribution is 2.27. The Hall–Kier alpha value is -1.75. The monoisotopic (exact) mass is 262 g/mol. The van der Waals surface area contributed by atoms with Crippen LogP contribution in [-0.2, 0) is 18.9 Å². The molecule has 0 radical (unpaired) electrons. The van der Waals surface area contributed by atoms with Crippen LogP contribution in [0.4, 0.5) is 4.39 Å². The van der Waals surface area contributed by atoms with Crippen LogP contribution in [0.3, 0.4) is 0 Å². The van der Waals surface area contributed by atoms with Crippen molar-refractivity contribution in [2.75, 3.05) is 0 Å². The van der Waals surface area contributed by atoms with E-state index in [2.05, 4.69) is 23.9 Å². The molecule has 0 spiro atoms. The first-order valence-corrected chi connectivity index (χ1v) is 6.25. The molecular formula is C14H19FN4. The number of hydrogen-bond donors (Lipinski definition) is 1. The molecule has 1 aromatic carbocycles. The summed E-state index contributed by atoms with van der Waals surface area (Å²) >= 11 is 0. The van der Waals surface area contributed by atoms with Crippen molar-refractivity contribution in [2.45, 2.75) is 31.7 Å². The molecule has 0 saturated carbocycles. The van der Waals surface area contributed by atoms with Gasteiger partial charge in [0.25, 0.3) is 0 Å². The van der Waals surface area contributed by atoms with Crippen molar-refractivity contribution < 1.29 is 4.39 Å². The Balaban J connectivity index is 2.19. The summed E-state index contributed by atoms with van der Waals surface area (Å²) in [6, 6.07) is 6.37. The summed E-state index contributed by atoms with van der Waals surface area (Å²) in [5, 5.41) is 4.04. The van der Waals surface area contributed by atoms with E-state index in [1.54, 1.807) is 16.8 Å². The van der Waals surface area contributed by atoms with Gasteiger partial charge >= 0.3 is 0 Å². The lowest BCUT2D eigenvalue weighted by molar-refractivity contribution is 0.396. The lowest BCUT2D eigenvalue weighted by atomic mass is 9.77. The molecule has 0 saturated heterocycles. The number of nitrogens with two attached hydrogens (primary N) is 1. The van der Waals surface area contributed by atoms with E-state index >= 15 is 0 Å². The van der Waals surface area contributed by atoms with Gasteiger partial charge in [-0.25, -0.2) is 9.37 Å². The van der Waals surface area contributed by atoms with Crippen LogP contribution in [0.2, 0.25) is 0 Å². The normalized spacial score (nSPS) is 13.5. The second-order valence-electron chi connectivity index (χ2n) is 5.34. The van der Waals surface area contributed by atoms with E-state index < -0.39 is 0 Å². The molecule has 19 heavy (non-hydrogen) atoms. The minimum Gasteiger partial charge on any atom is -0.327 e. The zero-order valence-corrected chi connectivity index (χ0v) is 11.5. The van der Waals surface area contributed by atoms with Crippen molar-refractivity contribution in [3.8, 4) is 0 Å². The number of nitrogens with zero attached hydrogens (tertiary/aromatic N) is 3.